The number of rotatable bonds is 0. The van der Waals surface area contributed by atoms with Crippen molar-refractivity contribution < 1.29 is 35.6 Å². The van der Waals surface area contributed by atoms with Gasteiger partial charge < -0.3 is 0 Å². The van der Waals surface area contributed by atoms with Gasteiger partial charge in [-0.25, -0.2) is 0 Å². The average molecular weight is 435 g/mol. The Morgan fingerprint density at radius 3 is 1.25 bits per heavy atom. The summed E-state index contributed by atoms with van der Waals surface area (Å²) in [5.74, 6) is 0. The molecule has 0 bridgehead atoms. The van der Waals surface area contributed by atoms with E-state index in [1.165, 1.54) is 0 Å². The van der Waals surface area contributed by atoms with Crippen LogP contribution >= 0.6 is 0 Å². The Balaban J connectivity index is 0. The molecule has 0 unspecified atom stereocenters. The Morgan fingerprint density at radius 2 is 1.25 bits per heavy atom. The summed E-state index contributed by atoms with van der Waals surface area (Å²) in [6.07, 6.45) is 0. The zero-order chi connectivity index (χ0) is 2.71. The monoisotopic (exact) mass is 437 g/mol. The van der Waals surface area contributed by atoms with Crippen LogP contribution in [-0.2, 0) is 35.6 Å². The molecule has 0 nitrogen and oxygen atoms in total. The maximum atomic E-state index is 2.92. The van der Waals surface area contributed by atoms with Crippen molar-refractivity contribution in [1.29, 1.82) is 0 Å². The summed E-state index contributed by atoms with van der Waals surface area (Å²) in [6.45, 7) is 0. The van der Waals surface area contributed by atoms with E-state index in [4.69, 9.17) is 0 Å². The molecular weight excluding hydrogens is 435 g/mol. The third kappa shape index (κ3) is 8.82. The quantitative estimate of drug-likeness (QED) is 0.440. The number of hydrogen-bond acceptors (Lipinski definition) is 0. The number of hydrogen-bond donors (Lipinski definition) is 0. The molecule has 0 aromatic heterocycles. The van der Waals surface area contributed by atoms with Gasteiger partial charge in [0.1, 0.15) is 0 Å². The van der Waals surface area contributed by atoms with Gasteiger partial charge in [0.25, 0.3) is 0 Å². The van der Waals surface area contributed by atoms with Crippen LogP contribution in [0.5, 0.6) is 0 Å². The fourth-order valence-corrected chi connectivity index (χ4v) is 0. The van der Waals surface area contributed by atoms with Crippen molar-refractivity contribution >= 4 is 25.6 Å². The van der Waals surface area contributed by atoms with E-state index in [0.717, 1.165) is 0 Å². The second-order valence-electron chi connectivity index (χ2n) is 0.0680. The van der Waals surface area contributed by atoms with Crippen LogP contribution in [-0.4, -0.2) is 25.6 Å². The first-order valence-electron chi connectivity index (χ1n) is 0.333. The van der Waals surface area contributed by atoms with E-state index in [1.807, 2.05) is 0 Å². The van der Waals surface area contributed by atoms with Gasteiger partial charge >= 0.3 is 38.9 Å². The molecule has 0 N–H and O–H groups in total. The summed E-state index contributed by atoms with van der Waals surface area (Å²) < 4.78 is 0. The van der Waals surface area contributed by atoms with Crippen molar-refractivity contribution in [3.8, 4) is 0 Å². The molecule has 0 rings (SSSR count). The van der Waals surface area contributed by atoms with Gasteiger partial charge in [-0.3, -0.25) is 0 Å². The second kappa shape index (κ2) is 9.08. The van der Waals surface area contributed by atoms with Gasteiger partial charge in [-0.1, -0.05) is 0 Å². The predicted molar refractivity (Wildman–Crippen MR) is 11.5 cm³/mol. The third-order valence-electron chi connectivity index (χ3n) is 0. The molecule has 0 saturated heterocycles. The molecule has 4 heteroatoms. The molecule has 0 aromatic carbocycles. The topological polar surface area (TPSA) is 0 Å². The normalized spacial score (nSPS) is 3.00. The molecule has 0 saturated carbocycles. The van der Waals surface area contributed by atoms with Crippen molar-refractivity contribution in [2.75, 3.05) is 0 Å². The third-order valence-corrected chi connectivity index (χ3v) is 0. The fourth-order valence-electron chi connectivity index (χ4n) is 0. The van der Waals surface area contributed by atoms with Crippen LogP contribution in [0.1, 0.15) is 0 Å². The molecule has 4 heavy (non-hydrogen) atoms. The molecule has 0 aliphatic heterocycles. The molecule has 0 spiro atoms. The molecule has 0 aliphatic rings. The van der Waals surface area contributed by atoms with Crippen molar-refractivity contribution in [2.45, 2.75) is 0 Å². The summed E-state index contributed by atoms with van der Waals surface area (Å²) in [4.78, 5) is 0. The molecule has 0 fully saturated rings. The van der Waals surface area contributed by atoms with Crippen LogP contribution in [0.4, 0.5) is 0 Å². The zero-order valence-electron chi connectivity index (χ0n) is 1.67. The fraction of sp³-hybridized carbons (Fsp3) is 0. The summed E-state index contributed by atoms with van der Waals surface area (Å²) >= 11 is 5.83. The van der Waals surface area contributed by atoms with Crippen LogP contribution in [0.15, 0.2) is 0 Å². The van der Waals surface area contributed by atoms with Crippen LogP contribution in [0.25, 0.3) is 0 Å². The summed E-state index contributed by atoms with van der Waals surface area (Å²) in [5.41, 5.74) is 0. The Hall–Kier alpha value is 2.47. The molecule has 1 radical (unpaired) electrons. The molecule has 0 aliphatic carbocycles. The molecular formula is NbSe2W. The molecule has 0 atom stereocenters. The minimum absolute atomic E-state index is 0. The van der Waals surface area contributed by atoms with Crippen molar-refractivity contribution in [2.24, 2.45) is 0 Å². The minimum atomic E-state index is -0.000000000000000111. The van der Waals surface area contributed by atoms with E-state index < -0.39 is 0 Å². The van der Waals surface area contributed by atoms with Gasteiger partial charge in [-0.15, -0.1) is 0 Å². The van der Waals surface area contributed by atoms with Gasteiger partial charge in [-0.05, 0) is 0 Å². The molecule has 23 valence electrons. The second-order valence-corrected chi connectivity index (χ2v) is 15.0. The van der Waals surface area contributed by atoms with Gasteiger partial charge in [-0.2, -0.15) is 0 Å². The standard InChI is InChI=1S/Nb.2Se.W. The van der Waals surface area contributed by atoms with Gasteiger partial charge in [0, 0.05) is 22.4 Å². The van der Waals surface area contributed by atoms with Crippen LogP contribution < -0.4 is 0 Å². The zero-order valence-corrected chi connectivity index (χ0v) is 10.2. The Morgan fingerprint density at radius 1 is 1.25 bits per heavy atom. The molecule has 0 heterocycles. The van der Waals surface area contributed by atoms with Crippen molar-refractivity contribution in [1.82, 2.24) is 0 Å². The van der Waals surface area contributed by atoms with Gasteiger partial charge in [0.05, 0.1) is 0 Å². The Kier molecular flexibility index (Phi) is 22.0. The van der Waals surface area contributed by atoms with Crippen LogP contribution in [0, 0.1) is 0 Å². The Labute approximate surface area is 60.3 Å². The first-order chi connectivity index (χ1) is 1.41. The van der Waals surface area contributed by atoms with E-state index in [1.54, 1.807) is 0 Å². The van der Waals surface area contributed by atoms with Crippen molar-refractivity contribution in [3.63, 3.8) is 0 Å². The summed E-state index contributed by atoms with van der Waals surface area (Å²) in [5, 5.41) is 0. The van der Waals surface area contributed by atoms with Gasteiger partial charge in [0.2, 0.25) is 0 Å². The van der Waals surface area contributed by atoms with Crippen molar-refractivity contribution in [3.05, 3.63) is 0 Å². The first-order valence-corrected chi connectivity index (χ1v) is 14.2. The predicted octanol–water partition coefficient (Wildman–Crippen LogP) is -0.767. The van der Waals surface area contributed by atoms with E-state index in [2.05, 4.69) is 25.6 Å². The van der Waals surface area contributed by atoms with E-state index in [9.17, 15) is 0 Å². The summed E-state index contributed by atoms with van der Waals surface area (Å²) in [7, 11) is 0. The van der Waals surface area contributed by atoms with E-state index in [-0.39, 0.29) is 35.6 Å². The maximum absolute atomic E-state index is 2.92. The summed E-state index contributed by atoms with van der Waals surface area (Å²) in [6, 6.07) is 0. The molecule has 0 aromatic rings. The van der Waals surface area contributed by atoms with Crippen LogP contribution in [0.3, 0.4) is 0 Å². The van der Waals surface area contributed by atoms with Gasteiger partial charge in [0.15, 0.2) is 0 Å². The average Bonchev–Trinajstić information content (AvgIpc) is 0.918. The Bertz CT molecular complexity index is 27.0. The SMILES string of the molecule is [Nb].[Se]=[W]=[Se]. The first kappa shape index (κ1) is 9.69. The molecule has 0 amide bonds. The van der Waals surface area contributed by atoms with E-state index in [0.29, 0.717) is 0 Å². The van der Waals surface area contributed by atoms with Crippen LogP contribution in [0.2, 0.25) is 0 Å². The van der Waals surface area contributed by atoms with E-state index >= 15 is 0 Å².